The molecule has 2 rings (SSSR count). The fourth-order valence-corrected chi connectivity index (χ4v) is 2.03. The predicted molar refractivity (Wildman–Crippen MR) is 82.3 cm³/mol. The van der Waals surface area contributed by atoms with Crippen LogP contribution < -0.4 is 0 Å². The van der Waals surface area contributed by atoms with E-state index in [0.29, 0.717) is 11.8 Å². The Labute approximate surface area is 133 Å². The predicted octanol–water partition coefficient (Wildman–Crippen LogP) is 5.26. The maximum atomic E-state index is 11.0. The Morgan fingerprint density at radius 1 is 1.15 bits per heavy atom. The van der Waals surface area contributed by atoms with Crippen molar-refractivity contribution in [3.8, 4) is 0 Å². The van der Waals surface area contributed by atoms with Crippen LogP contribution in [0.15, 0.2) is 42.5 Å². The molecule has 0 saturated carbocycles. The van der Waals surface area contributed by atoms with Gasteiger partial charge in [-0.25, -0.2) is 18.1 Å². The zero-order chi connectivity index (χ0) is 14.4. The molecule has 0 bridgehead atoms. The summed E-state index contributed by atoms with van der Waals surface area (Å²) in [5, 5.41) is 0. The quantitative estimate of drug-likeness (QED) is 0.429. The molecule has 0 heterocycles. The van der Waals surface area contributed by atoms with Gasteiger partial charge < -0.3 is 34.6 Å². The summed E-state index contributed by atoms with van der Waals surface area (Å²) in [6.45, 7) is 10.2. The summed E-state index contributed by atoms with van der Waals surface area (Å²) >= 11 is 0. The number of rotatable bonds is 3. The average Bonchev–Trinajstić information content (AvgIpc) is 3.01. The summed E-state index contributed by atoms with van der Waals surface area (Å²) < 4.78 is 0. The number of hydrogen-bond donors (Lipinski definition) is 0. The molecule has 0 fully saturated rings. The third-order valence-electron chi connectivity index (χ3n) is 3.21. The molecule has 0 spiro atoms. The Kier molecular flexibility index (Phi) is 8.45. The van der Waals surface area contributed by atoms with Crippen molar-refractivity contribution in [3.63, 3.8) is 0 Å². The first kappa shape index (κ1) is 18.9. The minimum absolute atomic E-state index is 0. The molecule has 0 saturated heterocycles. The number of carbonyl (C=O) groups is 1. The van der Waals surface area contributed by atoms with Gasteiger partial charge in [0.15, 0.2) is 0 Å². The largest absolute Gasteiger partial charge is 0.748 e. The van der Waals surface area contributed by atoms with E-state index in [0.717, 1.165) is 11.1 Å². The molecular formula is C18H24FeO-6. The van der Waals surface area contributed by atoms with Gasteiger partial charge in [0.1, 0.15) is 5.78 Å². The van der Waals surface area contributed by atoms with Gasteiger partial charge in [0, 0.05) is 17.1 Å². The third-order valence-corrected chi connectivity index (χ3v) is 3.21. The number of hydrogen-bond acceptors (Lipinski definition) is 1. The van der Waals surface area contributed by atoms with E-state index in [-0.39, 0.29) is 22.9 Å². The van der Waals surface area contributed by atoms with Crippen molar-refractivity contribution in [1.29, 1.82) is 0 Å². The van der Waals surface area contributed by atoms with Gasteiger partial charge in [-0.15, -0.1) is 0 Å². The fraction of sp³-hybridized carbons (Fsp3) is 0.389. The molecule has 0 amide bonds. The van der Waals surface area contributed by atoms with E-state index >= 15 is 0 Å². The Morgan fingerprint density at radius 2 is 1.70 bits per heavy atom. The molecule has 2 heteroatoms. The van der Waals surface area contributed by atoms with Crippen molar-refractivity contribution in [3.05, 3.63) is 59.2 Å². The van der Waals surface area contributed by atoms with Crippen molar-refractivity contribution in [2.24, 2.45) is 0 Å². The summed E-state index contributed by atoms with van der Waals surface area (Å²) in [5.41, 5.74) is 3.47. The van der Waals surface area contributed by atoms with Crippen molar-refractivity contribution < 1.29 is 21.9 Å². The van der Waals surface area contributed by atoms with E-state index in [4.69, 9.17) is 0 Å². The molecule has 0 unspecified atom stereocenters. The first-order chi connectivity index (χ1) is 8.93. The molecule has 116 valence electrons. The summed E-state index contributed by atoms with van der Waals surface area (Å²) in [6.07, 6.45) is 0. The van der Waals surface area contributed by atoms with Gasteiger partial charge in [0.25, 0.3) is 0 Å². The van der Waals surface area contributed by atoms with Crippen LogP contribution in [0.3, 0.4) is 0 Å². The summed E-state index contributed by atoms with van der Waals surface area (Å²) in [5.74, 6) is 1.30. The molecule has 2 aromatic rings. The maximum absolute atomic E-state index is 11.0. The maximum Gasteiger partial charge on any atom is 0.105 e. The molecule has 0 aliphatic rings. The van der Waals surface area contributed by atoms with E-state index in [9.17, 15) is 4.79 Å². The van der Waals surface area contributed by atoms with Crippen LogP contribution in [0.2, 0.25) is 0 Å². The number of Topliss-reactive ketones (excluding diaryl/α,β-unsaturated/α-hetero) is 1. The molecule has 0 aliphatic carbocycles. The van der Waals surface area contributed by atoms with Crippen molar-refractivity contribution >= 4 is 5.78 Å². The van der Waals surface area contributed by atoms with Crippen LogP contribution in [-0.2, 0) is 17.1 Å². The van der Waals surface area contributed by atoms with Crippen LogP contribution in [0.25, 0.3) is 0 Å². The molecule has 20 heavy (non-hydrogen) atoms. The van der Waals surface area contributed by atoms with Crippen LogP contribution in [0.4, 0.5) is 0 Å². The van der Waals surface area contributed by atoms with Crippen molar-refractivity contribution in [2.75, 3.05) is 0 Å². The first-order valence-electron chi connectivity index (χ1n) is 6.91. The van der Waals surface area contributed by atoms with Gasteiger partial charge in [-0.2, -0.15) is 11.6 Å². The number of ketones is 1. The zero-order valence-corrected chi connectivity index (χ0v) is 14.1. The average molecular weight is 312 g/mol. The normalized spacial score (nSPS) is 9.95. The van der Waals surface area contributed by atoms with Crippen LogP contribution >= 0.6 is 0 Å². The molecule has 2 aromatic carbocycles. The zero-order valence-electron chi connectivity index (χ0n) is 13.0. The van der Waals surface area contributed by atoms with Crippen LogP contribution in [0, 0.1) is 0 Å². The van der Waals surface area contributed by atoms with Gasteiger partial charge >= 0.3 is 0 Å². The van der Waals surface area contributed by atoms with Gasteiger partial charge in [0.2, 0.25) is 0 Å². The second kappa shape index (κ2) is 8.94. The topological polar surface area (TPSA) is 17.1 Å². The smallest absolute Gasteiger partial charge is 0.105 e. The third kappa shape index (κ3) is 5.48. The van der Waals surface area contributed by atoms with E-state index in [2.05, 4.69) is 52.0 Å². The first-order valence-corrected chi connectivity index (χ1v) is 6.91. The molecule has 0 N–H and O–H groups in total. The Balaban J connectivity index is 0.000000359. The molecular weight excluding hydrogens is 288 g/mol. The van der Waals surface area contributed by atoms with E-state index < -0.39 is 0 Å². The minimum Gasteiger partial charge on any atom is -0.748 e. The monoisotopic (exact) mass is 312 g/mol. The molecule has 0 radical (unpaired) electrons. The second-order valence-electron chi connectivity index (χ2n) is 5.48. The number of carbonyl (C=O) groups excluding carboxylic acids is 1. The molecule has 0 atom stereocenters. The van der Waals surface area contributed by atoms with Gasteiger partial charge in [-0.1, -0.05) is 33.3 Å². The summed E-state index contributed by atoms with van der Waals surface area (Å²) in [6, 6.07) is 14.3. The van der Waals surface area contributed by atoms with Crippen molar-refractivity contribution in [1.82, 2.24) is 0 Å². The SMILES string of the molecule is CC(=O)[c-]1cccc1C(C)C.CC(C)[c-]1[cH-][cH-][cH-][cH-]1.[Fe]. The minimum atomic E-state index is 0. The summed E-state index contributed by atoms with van der Waals surface area (Å²) in [7, 11) is 0. The van der Waals surface area contributed by atoms with E-state index in [1.54, 1.807) is 6.92 Å². The van der Waals surface area contributed by atoms with Crippen molar-refractivity contribution in [2.45, 2.75) is 46.5 Å². The fourth-order valence-electron chi connectivity index (χ4n) is 2.03. The summed E-state index contributed by atoms with van der Waals surface area (Å²) in [4.78, 5) is 11.0. The van der Waals surface area contributed by atoms with Gasteiger partial charge in [-0.05, 0) is 12.8 Å². The van der Waals surface area contributed by atoms with Crippen LogP contribution in [0.1, 0.15) is 67.9 Å². The molecule has 0 aromatic heterocycles. The molecule has 1 nitrogen and oxygen atoms in total. The second-order valence-corrected chi connectivity index (χ2v) is 5.48. The van der Waals surface area contributed by atoms with Gasteiger partial charge in [-0.3, -0.25) is 0 Å². The standard InChI is InChI=1S/C10H13O.C8H11.Fe/c1-7(2)9-5-4-6-10(9)8(3)11;1-7(2)8-5-3-4-6-8;/h4-7H,1-3H3;3-7H,1-2H3;/q-1;-5;. The van der Waals surface area contributed by atoms with Crippen LogP contribution in [-0.4, -0.2) is 5.78 Å². The van der Waals surface area contributed by atoms with E-state index in [1.807, 2.05) is 18.2 Å². The Morgan fingerprint density at radius 3 is 2.00 bits per heavy atom. The molecule has 0 aliphatic heterocycles. The van der Waals surface area contributed by atoms with Gasteiger partial charge in [0.05, 0.1) is 0 Å². The Hall–Kier alpha value is -1.11. The van der Waals surface area contributed by atoms with Crippen LogP contribution in [0.5, 0.6) is 0 Å². The Bertz CT molecular complexity index is 489. The van der Waals surface area contributed by atoms with E-state index in [1.165, 1.54) is 5.56 Å².